The van der Waals surface area contributed by atoms with E-state index in [4.69, 9.17) is 4.74 Å². The van der Waals surface area contributed by atoms with Crippen LogP contribution in [0.4, 0.5) is 4.79 Å². The molecule has 2 aromatic carbocycles. The highest BCUT2D eigenvalue weighted by molar-refractivity contribution is 5.70. The van der Waals surface area contributed by atoms with Crippen LogP contribution in [-0.2, 0) is 16.1 Å². The molecule has 6 heteroatoms. The molecule has 2 aromatic rings. The topological polar surface area (TPSA) is 70.1 Å². The predicted molar refractivity (Wildman–Crippen MR) is 166 cm³/mol. The van der Waals surface area contributed by atoms with Crippen LogP contribution >= 0.6 is 0 Å². The second kappa shape index (κ2) is 14.4. The number of rotatable bonds is 12. The zero-order valence-corrected chi connectivity index (χ0v) is 25.2. The van der Waals surface area contributed by atoms with E-state index in [1.54, 1.807) is 6.08 Å². The van der Waals surface area contributed by atoms with Gasteiger partial charge in [0.05, 0.1) is 5.92 Å². The van der Waals surface area contributed by atoms with E-state index in [0.29, 0.717) is 24.3 Å². The lowest BCUT2D eigenvalue weighted by Gasteiger charge is -2.39. The van der Waals surface area contributed by atoms with E-state index in [9.17, 15) is 14.7 Å². The number of amides is 1. The lowest BCUT2D eigenvalue weighted by atomic mass is 9.74. The molecule has 0 radical (unpaired) electrons. The maximum atomic E-state index is 13.1. The van der Waals surface area contributed by atoms with Crippen LogP contribution in [0.25, 0.3) is 0 Å². The molecule has 3 fully saturated rings. The Morgan fingerprint density at radius 1 is 1.05 bits per heavy atom. The van der Waals surface area contributed by atoms with Gasteiger partial charge in [0, 0.05) is 32.2 Å². The van der Waals surface area contributed by atoms with Gasteiger partial charge in [-0.25, -0.2) is 4.79 Å². The van der Waals surface area contributed by atoms with Crippen molar-refractivity contribution in [2.75, 3.05) is 26.2 Å². The normalized spacial score (nSPS) is 24.1. The monoisotopic (exact) mass is 572 g/mol. The molecular formula is C36H48N2O4. The minimum absolute atomic E-state index is 0.130. The molecule has 3 aliphatic rings. The van der Waals surface area contributed by atoms with E-state index in [1.165, 1.54) is 30.4 Å². The molecule has 1 N–H and O–H groups in total. The number of carbonyl (C=O) groups excluding carboxylic acids is 1. The van der Waals surface area contributed by atoms with Crippen LogP contribution in [0.1, 0.15) is 74.0 Å². The lowest BCUT2D eigenvalue weighted by molar-refractivity contribution is -0.144. The van der Waals surface area contributed by atoms with Gasteiger partial charge in [0.2, 0.25) is 0 Å². The Kier molecular flexibility index (Phi) is 10.4. The number of aryl methyl sites for hydroxylation is 1. The predicted octanol–water partition coefficient (Wildman–Crippen LogP) is 7.29. The number of piperidine rings is 1. The molecule has 4 atom stereocenters. The van der Waals surface area contributed by atoms with Crippen LogP contribution in [0.15, 0.2) is 67.3 Å². The molecule has 2 aliphatic carbocycles. The summed E-state index contributed by atoms with van der Waals surface area (Å²) >= 11 is 0. The quantitative estimate of drug-likeness (QED) is 0.271. The summed E-state index contributed by atoms with van der Waals surface area (Å²) in [4.78, 5) is 29.9. The van der Waals surface area contributed by atoms with E-state index in [2.05, 4.69) is 41.8 Å². The van der Waals surface area contributed by atoms with Crippen LogP contribution in [0.5, 0.6) is 0 Å². The summed E-state index contributed by atoms with van der Waals surface area (Å²) in [7, 11) is 0. The Balaban J connectivity index is 1.19. The summed E-state index contributed by atoms with van der Waals surface area (Å²) in [5.74, 6) is 0.850. The van der Waals surface area contributed by atoms with Gasteiger partial charge in [0.15, 0.2) is 0 Å². The minimum Gasteiger partial charge on any atom is -0.481 e. The molecule has 226 valence electrons. The second-order valence-corrected chi connectivity index (χ2v) is 13.0. The van der Waals surface area contributed by atoms with Crippen LogP contribution < -0.4 is 0 Å². The van der Waals surface area contributed by atoms with Gasteiger partial charge in [-0.2, -0.15) is 0 Å². The number of benzene rings is 2. The average molecular weight is 573 g/mol. The van der Waals surface area contributed by atoms with Crippen molar-refractivity contribution >= 4 is 12.1 Å². The Morgan fingerprint density at radius 2 is 1.76 bits per heavy atom. The fraction of sp³-hybridized carbons (Fsp3) is 0.556. The molecular weight excluding hydrogens is 524 g/mol. The van der Waals surface area contributed by atoms with Crippen molar-refractivity contribution in [1.29, 1.82) is 0 Å². The van der Waals surface area contributed by atoms with Gasteiger partial charge < -0.3 is 19.6 Å². The third kappa shape index (κ3) is 7.63. The number of aliphatic carboxylic acids is 1. The van der Waals surface area contributed by atoms with Crippen molar-refractivity contribution in [2.45, 2.75) is 76.9 Å². The lowest BCUT2D eigenvalue weighted by Crippen LogP contribution is -2.48. The summed E-state index contributed by atoms with van der Waals surface area (Å²) in [6.07, 6.45) is 9.75. The molecule has 0 aromatic heterocycles. The van der Waals surface area contributed by atoms with E-state index in [-0.39, 0.29) is 30.6 Å². The Bertz CT molecular complexity index is 1170. The number of nitrogens with zero attached hydrogens (tertiary/aromatic N) is 2. The summed E-state index contributed by atoms with van der Waals surface area (Å²) in [6, 6.07) is 18.9. The first kappa shape index (κ1) is 30.3. The first-order valence-corrected chi connectivity index (χ1v) is 16.0. The van der Waals surface area contributed by atoms with Crippen molar-refractivity contribution in [2.24, 2.45) is 23.7 Å². The molecule has 0 spiro atoms. The maximum Gasteiger partial charge on any atom is 0.410 e. The Morgan fingerprint density at radius 3 is 2.38 bits per heavy atom. The number of carbonyl (C=O) groups is 2. The molecule has 0 bridgehead atoms. The van der Waals surface area contributed by atoms with Crippen molar-refractivity contribution in [3.8, 4) is 0 Å². The fourth-order valence-electron chi connectivity index (χ4n) is 7.56. The van der Waals surface area contributed by atoms with Gasteiger partial charge in [0.25, 0.3) is 0 Å². The highest BCUT2D eigenvalue weighted by atomic mass is 16.6. The zero-order valence-electron chi connectivity index (χ0n) is 25.2. The molecule has 1 amide bonds. The van der Waals surface area contributed by atoms with Gasteiger partial charge in [-0.05, 0) is 73.8 Å². The van der Waals surface area contributed by atoms with E-state index in [0.717, 1.165) is 57.3 Å². The molecule has 42 heavy (non-hydrogen) atoms. The molecule has 2 saturated carbocycles. The van der Waals surface area contributed by atoms with Crippen molar-refractivity contribution in [1.82, 2.24) is 9.80 Å². The summed E-state index contributed by atoms with van der Waals surface area (Å²) in [5, 5.41) is 10.2. The van der Waals surface area contributed by atoms with Gasteiger partial charge in [-0.1, -0.05) is 85.5 Å². The molecule has 2 unspecified atom stereocenters. The van der Waals surface area contributed by atoms with Gasteiger partial charge >= 0.3 is 12.1 Å². The highest BCUT2D eigenvalue weighted by Crippen LogP contribution is 2.49. The number of likely N-dealkylation sites (tertiary alicyclic amines) is 1. The van der Waals surface area contributed by atoms with Crippen LogP contribution in [-0.4, -0.2) is 59.2 Å². The molecule has 1 heterocycles. The first-order chi connectivity index (χ1) is 20.4. The number of hydrogen-bond acceptors (Lipinski definition) is 4. The van der Waals surface area contributed by atoms with Crippen LogP contribution in [0.3, 0.4) is 0 Å². The van der Waals surface area contributed by atoms with E-state index < -0.39 is 5.97 Å². The van der Waals surface area contributed by atoms with Crippen molar-refractivity contribution < 1.29 is 19.4 Å². The summed E-state index contributed by atoms with van der Waals surface area (Å²) < 4.78 is 5.70. The fourth-order valence-corrected chi connectivity index (χ4v) is 7.56. The van der Waals surface area contributed by atoms with E-state index >= 15 is 0 Å². The largest absolute Gasteiger partial charge is 0.481 e. The van der Waals surface area contributed by atoms with Crippen molar-refractivity contribution in [3.05, 3.63) is 83.9 Å². The second-order valence-electron chi connectivity index (χ2n) is 13.0. The SMILES string of the molecule is C=CCN(C(=O)OCc1ccc(C)cc1)C1CCN(C[C@H]2CC(C(CC3CCC3)C(=O)O)C[C@@H]2c2ccccc2)CC1. The minimum atomic E-state index is -0.600. The third-order valence-corrected chi connectivity index (χ3v) is 10.2. The van der Waals surface area contributed by atoms with Gasteiger partial charge in [-0.15, -0.1) is 6.58 Å². The number of carboxylic acids is 1. The number of ether oxygens (including phenoxy) is 1. The average Bonchev–Trinajstić information content (AvgIpc) is 3.38. The Labute approximate surface area is 251 Å². The molecule has 1 aliphatic heterocycles. The third-order valence-electron chi connectivity index (χ3n) is 10.2. The van der Waals surface area contributed by atoms with Gasteiger partial charge in [-0.3, -0.25) is 4.79 Å². The van der Waals surface area contributed by atoms with E-state index in [1.807, 2.05) is 36.1 Å². The molecule has 5 rings (SSSR count). The maximum absolute atomic E-state index is 13.1. The first-order valence-electron chi connectivity index (χ1n) is 16.0. The van der Waals surface area contributed by atoms with Crippen LogP contribution in [0.2, 0.25) is 0 Å². The standard InChI is InChI=1S/C36H48N2O4/c1-3-18-38(36(41)42-25-28-14-12-26(2)13-15-28)32-16-19-37(20-17-32)24-31-22-30(23-33(31)29-10-5-4-6-11-29)34(35(39)40)21-27-8-7-9-27/h3-6,10-15,27,30-34H,1,7-9,16-25H2,2H3,(H,39,40)/t30?,31-,33-,34?/m1/s1. The molecule has 1 saturated heterocycles. The number of hydrogen-bond donors (Lipinski definition) is 1. The van der Waals surface area contributed by atoms with Gasteiger partial charge in [0.1, 0.15) is 6.61 Å². The Hall–Kier alpha value is -3.12. The summed E-state index contributed by atoms with van der Waals surface area (Å²) in [6.45, 7) is 9.52. The number of carboxylic acid groups (broad SMARTS) is 1. The van der Waals surface area contributed by atoms with Crippen LogP contribution in [0, 0.1) is 30.6 Å². The van der Waals surface area contributed by atoms with Crippen molar-refractivity contribution in [3.63, 3.8) is 0 Å². The molecule has 6 nitrogen and oxygen atoms in total. The summed E-state index contributed by atoms with van der Waals surface area (Å²) in [5.41, 5.74) is 3.52. The smallest absolute Gasteiger partial charge is 0.410 e. The highest BCUT2D eigenvalue weighted by Gasteiger charge is 2.43. The zero-order chi connectivity index (χ0) is 29.5.